The molecule has 0 heterocycles. The summed E-state index contributed by atoms with van der Waals surface area (Å²) in [6.07, 6.45) is 23.7. The van der Waals surface area contributed by atoms with E-state index in [9.17, 15) is 19.5 Å². The van der Waals surface area contributed by atoms with Crippen molar-refractivity contribution in [3.05, 3.63) is 48.6 Å². The number of carboxylic acid groups (broad SMARTS) is 1. The maximum Gasteiger partial charge on any atom is 0.362 e. The maximum atomic E-state index is 12.4. The smallest absolute Gasteiger partial charge is 0.362 e. The number of carboxylic acids is 1. The fraction of sp³-hybridized carbons (Fsp3) is 0.656. The van der Waals surface area contributed by atoms with Gasteiger partial charge in [0, 0.05) is 12.8 Å². The zero-order chi connectivity index (χ0) is 30.1. The number of quaternary nitrogens is 1. The third-order valence-corrected chi connectivity index (χ3v) is 6.01. The molecule has 0 aromatic carbocycles. The molecule has 2 unspecified atom stereocenters. The molecule has 0 saturated carbocycles. The number of ether oxygens (including phenoxy) is 3. The van der Waals surface area contributed by atoms with Gasteiger partial charge >= 0.3 is 17.9 Å². The van der Waals surface area contributed by atoms with Crippen LogP contribution in [0.4, 0.5) is 0 Å². The van der Waals surface area contributed by atoms with Gasteiger partial charge in [0.15, 0.2) is 12.1 Å². The maximum absolute atomic E-state index is 12.4. The summed E-state index contributed by atoms with van der Waals surface area (Å²) >= 11 is 0. The van der Waals surface area contributed by atoms with Gasteiger partial charge in [-0.15, -0.1) is 0 Å². The SMILES string of the molecule is CC/C=C/C/C=C/C/C=C/CC(=O)OCC(COCCC(C(=O)O)[N+](C)(C)C)OC(=O)CC/C=C/CCCCC. The molecular weight excluding hydrogens is 510 g/mol. The van der Waals surface area contributed by atoms with Gasteiger partial charge in [0.2, 0.25) is 0 Å². The highest BCUT2D eigenvalue weighted by Gasteiger charge is 2.31. The lowest BCUT2D eigenvalue weighted by Gasteiger charge is -2.31. The van der Waals surface area contributed by atoms with E-state index in [-0.39, 0.29) is 37.1 Å². The van der Waals surface area contributed by atoms with E-state index in [1.165, 1.54) is 12.8 Å². The van der Waals surface area contributed by atoms with Gasteiger partial charge in [0.1, 0.15) is 6.61 Å². The van der Waals surface area contributed by atoms with Crippen LogP contribution in [0.5, 0.6) is 0 Å². The van der Waals surface area contributed by atoms with Crippen molar-refractivity contribution >= 4 is 17.9 Å². The molecule has 0 aromatic rings. The second-order valence-electron chi connectivity index (χ2n) is 10.6. The van der Waals surface area contributed by atoms with E-state index in [4.69, 9.17) is 14.2 Å². The van der Waals surface area contributed by atoms with Crippen LogP contribution in [-0.4, -0.2) is 80.6 Å². The van der Waals surface area contributed by atoms with Crippen LogP contribution in [0.25, 0.3) is 0 Å². The van der Waals surface area contributed by atoms with E-state index in [0.29, 0.717) is 12.8 Å². The van der Waals surface area contributed by atoms with Crippen molar-refractivity contribution in [2.45, 2.75) is 96.6 Å². The lowest BCUT2D eigenvalue weighted by Crippen LogP contribution is -2.50. The van der Waals surface area contributed by atoms with Gasteiger partial charge in [0.25, 0.3) is 0 Å². The van der Waals surface area contributed by atoms with Gasteiger partial charge in [-0.05, 0) is 38.5 Å². The van der Waals surface area contributed by atoms with Crippen molar-refractivity contribution in [2.75, 3.05) is 41.0 Å². The predicted octanol–water partition coefficient (Wildman–Crippen LogP) is 6.17. The Morgan fingerprint density at radius 3 is 2.08 bits per heavy atom. The van der Waals surface area contributed by atoms with E-state index in [2.05, 4.69) is 38.2 Å². The molecule has 0 aromatic heterocycles. The zero-order valence-corrected chi connectivity index (χ0v) is 25.5. The summed E-state index contributed by atoms with van der Waals surface area (Å²) in [7, 11) is 5.45. The second-order valence-corrected chi connectivity index (χ2v) is 10.6. The number of nitrogens with zero attached hydrogens (tertiary/aromatic N) is 1. The van der Waals surface area contributed by atoms with Crippen molar-refractivity contribution in [3.8, 4) is 0 Å². The Kier molecular flexibility index (Phi) is 22.5. The molecular formula is C32H54NO7+. The second kappa shape index (κ2) is 24.1. The zero-order valence-electron chi connectivity index (χ0n) is 25.5. The van der Waals surface area contributed by atoms with Gasteiger partial charge in [0.05, 0.1) is 40.8 Å². The molecule has 0 bridgehead atoms. The van der Waals surface area contributed by atoms with Gasteiger partial charge in [-0.1, -0.05) is 75.3 Å². The summed E-state index contributed by atoms with van der Waals surface area (Å²) in [6.45, 7) is 4.34. The van der Waals surface area contributed by atoms with Gasteiger partial charge in [-0.3, -0.25) is 9.59 Å². The monoisotopic (exact) mass is 564 g/mol. The Morgan fingerprint density at radius 1 is 0.800 bits per heavy atom. The average Bonchev–Trinajstić information content (AvgIpc) is 2.89. The molecule has 0 aliphatic heterocycles. The van der Waals surface area contributed by atoms with E-state index >= 15 is 0 Å². The minimum absolute atomic E-state index is 0.0163. The highest BCUT2D eigenvalue weighted by atomic mass is 16.6. The Bertz CT molecular complexity index is 809. The van der Waals surface area contributed by atoms with Crippen LogP contribution >= 0.6 is 0 Å². The minimum atomic E-state index is -0.896. The highest BCUT2D eigenvalue weighted by molar-refractivity contribution is 5.72. The normalized spacial score (nSPS) is 13.9. The number of unbranched alkanes of at least 4 members (excludes halogenated alkanes) is 3. The standard InChI is InChI=1S/C32H53NO7/c1-6-8-10-12-14-15-17-18-20-22-30(34)39-27-28(26-38-25-24-29(32(36)37)33(3,4)5)40-31(35)23-21-19-16-13-11-9-7-2/h8,10,14-16,18-20,28-29H,6-7,9,11-13,17,21-27H2,1-5H3/p+1/b10-8+,15-14+,19-16+,20-18+. The molecule has 0 saturated heterocycles. The molecule has 8 heteroatoms. The quantitative estimate of drug-likeness (QED) is 0.0647. The number of esters is 2. The summed E-state index contributed by atoms with van der Waals surface area (Å²) in [5.41, 5.74) is 0. The molecule has 2 atom stereocenters. The number of hydrogen-bond acceptors (Lipinski definition) is 6. The lowest BCUT2D eigenvalue weighted by molar-refractivity contribution is -0.887. The molecule has 0 radical (unpaired) electrons. The number of hydrogen-bond donors (Lipinski definition) is 1. The van der Waals surface area contributed by atoms with Crippen LogP contribution in [0.15, 0.2) is 48.6 Å². The van der Waals surface area contributed by atoms with Crippen LogP contribution in [0.3, 0.4) is 0 Å². The van der Waals surface area contributed by atoms with Gasteiger partial charge in [-0.2, -0.15) is 0 Å². The van der Waals surface area contributed by atoms with E-state index in [1.807, 2.05) is 39.4 Å². The fourth-order valence-electron chi connectivity index (χ4n) is 3.69. The van der Waals surface area contributed by atoms with E-state index in [0.717, 1.165) is 32.1 Å². The van der Waals surface area contributed by atoms with Crippen LogP contribution in [0, 0.1) is 0 Å². The fourth-order valence-corrected chi connectivity index (χ4v) is 3.69. The third kappa shape index (κ3) is 22.1. The molecule has 228 valence electrons. The molecule has 40 heavy (non-hydrogen) atoms. The average molecular weight is 565 g/mol. The first-order valence-electron chi connectivity index (χ1n) is 14.7. The van der Waals surface area contributed by atoms with Crippen molar-refractivity contribution < 1.29 is 38.2 Å². The van der Waals surface area contributed by atoms with E-state index in [1.54, 1.807) is 6.08 Å². The predicted molar refractivity (Wildman–Crippen MR) is 160 cm³/mol. The van der Waals surface area contributed by atoms with Crippen LogP contribution < -0.4 is 0 Å². The molecule has 0 rings (SSSR count). The van der Waals surface area contributed by atoms with Crippen LogP contribution in [0.1, 0.15) is 84.5 Å². The molecule has 8 nitrogen and oxygen atoms in total. The summed E-state index contributed by atoms with van der Waals surface area (Å²) in [5.74, 6) is -1.70. The van der Waals surface area contributed by atoms with Gasteiger partial charge in [-0.25, -0.2) is 4.79 Å². The Labute approximate surface area is 242 Å². The molecule has 0 spiro atoms. The summed E-state index contributed by atoms with van der Waals surface area (Å²) in [5, 5.41) is 9.49. The lowest BCUT2D eigenvalue weighted by atomic mass is 10.1. The molecule has 0 fully saturated rings. The van der Waals surface area contributed by atoms with E-state index < -0.39 is 30.1 Å². The van der Waals surface area contributed by atoms with Crippen molar-refractivity contribution in [3.63, 3.8) is 0 Å². The summed E-state index contributed by atoms with van der Waals surface area (Å²) < 4.78 is 16.8. The summed E-state index contributed by atoms with van der Waals surface area (Å²) in [4.78, 5) is 36.2. The van der Waals surface area contributed by atoms with Gasteiger partial charge < -0.3 is 23.8 Å². The van der Waals surface area contributed by atoms with Crippen LogP contribution in [0.2, 0.25) is 0 Å². The largest absolute Gasteiger partial charge is 0.477 e. The molecule has 0 aliphatic rings. The Balaban J connectivity index is 4.72. The first-order valence-corrected chi connectivity index (χ1v) is 14.7. The molecule has 1 N–H and O–H groups in total. The molecule has 0 aliphatic carbocycles. The Morgan fingerprint density at radius 2 is 1.45 bits per heavy atom. The number of carbonyl (C=O) groups is 3. The minimum Gasteiger partial charge on any atom is -0.477 e. The van der Waals surface area contributed by atoms with Crippen LogP contribution in [-0.2, 0) is 28.6 Å². The number of carbonyl (C=O) groups excluding carboxylic acids is 2. The topological polar surface area (TPSA) is 99.1 Å². The van der Waals surface area contributed by atoms with Crippen molar-refractivity contribution in [1.29, 1.82) is 0 Å². The number of rotatable bonds is 24. The molecule has 0 amide bonds. The summed E-state index contributed by atoms with van der Waals surface area (Å²) in [6, 6.07) is -0.627. The third-order valence-electron chi connectivity index (χ3n) is 6.01. The highest BCUT2D eigenvalue weighted by Crippen LogP contribution is 2.10. The number of likely N-dealkylation sites (N-methyl/N-ethyl adjacent to an activating group) is 1. The first kappa shape index (κ1) is 37.3. The van der Waals surface area contributed by atoms with Crippen molar-refractivity contribution in [1.82, 2.24) is 0 Å². The number of aliphatic carboxylic acids is 1. The Hall–Kier alpha value is -2.71. The number of allylic oxidation sites excluding steroid dienone is 7. The van der Waals surface area contributed by atoms with Crippen molar-refractivity contribution in [2.24, 2.45) is 0 Å². The first-order chi connectivity index (χ1) is 19.1.